The summed E-state index contributed by atoms with van der Waals surface area (Å²) in [5.74, 6) is 0.170. The average molecular weight is 349 g/mol. The van der Waals surface area contributed by atoms with Crippen molar-refractivity contribution in [3.63, 3.8) is 0 Å². The van der Waals surface area contributed by atoms with Gasteiger partial charge in [-0.2, -0.15) is 0 Å². The zero-order chi connectivity index (χ0) is 17.1. The van der Waals surface area contributed by atoms with Crippen molar-refractivity contribution in [1.29, 1.82) is 0 Å². The van der Waals surface area contributed by atoms with Crippen molar-refractivity contribution in [1.82, 2.24) is 4.90 Å². The Hall–Kier alpha value is -1.53. The summed E-state index contributed by atoms with van der Waals surface area (Å²) in [5, 5.41) is 0. The van der Waals surface area contributed by atoms with Crippen LogP contribution in [0.2, 0.25) is 0 Å². The third kappa shape index (κ3) is 3.59. The second kappa shape index (κ2) is 7.57. The Bertz CT molecular complexity index is 594. The number of likely N-dealkylation sites (tertiary alicyclic amines) is 1. The van der Waals surface area contributed by atoms with Crippen LogP contribution in [0.25, 0.3) is 0 Å². The van der Waals surface area contributed by atoms with Gasteiger partial charge in [-0.3, -0.25) is 4.79 Å². The number of thioether (sulfide) groups is 1. The summed E-state index contributed by atoms with van der Waals surface area (Å²) in [4.78, 5) is 27.6. The number of esters is 1. The fourth-order valence-electron chi connectivity index (χ4n) is 3.60. The van der Waals surface area contributed by atoms with E-state index >= 15 is 0 Å². The van der Waals surface area contributed by atoms with E-state index in [9.17, 15) is 9.59 Å². The van der Waals surface area contributed by atoms with E-state index in [1.807, 2.05) is 35.2 Å². The van der Waals surface area contributed by atoms with E-state index in [0.717, 1.165) is 17.7 Å². The molecule has 0 bridgehead atoms. The van der Waals surface area contributed by atoms with Crippen LogP contribution >= 0.6 is 11.8 Å². The molecule has 0 aromatic heterocycles. The Morgan fingerprint density at radius 1 is 1.29 bits per heavy atom. The zero-order valence-electron chi connectivity index (χ0n) is 14.0. The van der Waals surface area contributed by atoms with Gasteiger partial charge in [0.1, 0.15) is 0 Å². The van der Waals surface area contributed by atoms with Gasteiger partial charge >= 0.3 is 5.97 Å². The van der Waals surface area contributed by atoms with Crippen LogP contribution in [0, 0.1) is 0 Å². The zero-order valence-corrected chi connectivity index (χ0v) is 14.8. The van der Waals surface area contributed by atoms with Crippen LogP contribution in [-0.2, 0) is 19.1 Å². The molecule has 6 heteroatoms. The number of ether oxygens (including phenoxy) is 2. The lowest BCUT2D eigenvalue weighted by molar-refractivity contribution is -0.153. The summed E-state index contributed by atoms with van der Waals surface area (Å²) in [7, 11) is 1.37. The van der Waals surface area contributed by atoms with Crippen molar-refractivity contribution in [3.8, 4) is 0 Å². The van der Waals surface area contributed by atoms with Gasteiger partial charge in [-0.15, -0.1) is 11.8 Å². The lowest BCUT2D eigenvalue weighted by Crippen LogP contribution is -2.53. The highest BCUT2D eigenvalue weighted by atomic mass is 32.2. The van der Waals surface area contributed by atoms with Crippen LogP contribution in [0.4, 0.5) is 0 Å². The van der Waals surface area contributed by atoms with E-state index < -0.39 is 6.10 Å². The molecule has 130 valence electrons. The smallest absolute Gasteiger partial charge is 0.335 e. The number of amides is 1. The van der Waals surface area contributed by atoms with E-state index in [2.05, 4.69) is 6.92 Å². The fraction of sp³-hybridized carbons (Fsp3) is 0.556. The van der Waals surface area contributed by atoms with Crippen molar-refractivity contribution in [2.45, 2.75) is 55.4 Å². The number of hydrogen-bond acceptors (Lipinski definition) is 5. The van der Waals surface area contributed by atoms with Crippen molar-refractivity contribution < 1.29 is 19.1 Å². The van der Waals surface area contributed by atoms with Gasteiger partial charge in [0, 0.05) is 17.4 Å². The molecular weight excluding hydrogens is 326 g/mol. The fourth-order valence-corrected chi connectivity index (χ4v) is 4.39. The number of hydrogen-bond donors (Lipinski definition) is 0. The van der Waals surface area contributed by atoms with Crippen LogP contribution in [0.1, 0.15) is 26.2 Å². The largest absolute Gasteiger partial charge is 0.467 e. The molecule has 3 rings (SSSR count). The Morgan fingerprint density at radius 3 is 2.75 bits per heavy atom. The number of carbonyl (C=O) groups excluding carboxylic acids is 2. The summed E-state index contributed by atoms with van der Waals surface area (Å²) in [5.41, 5.74) is 0. The van der Waals surface area contributed by atoms with Crippen molar-refractivity contribution in [2.75, 3.05) is 12.9 Å². The third-order valence-corrected chi connectivity index (χ3v) is 5.78. The Kier molecular flexibility index (Phi) is 5.46. The lowest BCUT2D eigenvalue weighted by atomic mass is 9.92. The quantitative estimate of drug-likeness (QED) is 0.617. The van der Waals surface area contributed by atoms with E-state index in [4.69, 9.17) is 9.47 Å². The molecule has 2 heterocycles. The maximum absolute atomic E-state index is 12.8. The Labute approximate surface area is 146 Å². The highest BCUT2D eigenvalue weighted by Crippen LogP contribution is 2.36. The van der Waals surface area contributed by atoms with Crippen molar-refractivity contribution in [2.24, 2.45) is 0 Å². The summed E-state index contributed by atoms with van der Waals surface area (Å²) in [6.07, 6.45) is 1.71. The molecule has 24 heavy (non-hydrogen) atoms. The molecule has 5 nitrogen and oxygen atoms in total. The molecule has 2 fully saturated rings. The van der Waals surface area contributed by atoms with E-state index in [0.29, 0.717) is 12.2 Å². The van der Waals surface area contributed by atoms with Crippen molar-refractivity contribution in [3.05, 3.63) is 30.3 Å². The van der Waals surface area contributed by atoms with Crippen LogP contribution < -0.4 is 0 Å². The first-order chi connectivity index (χ1) is 11.6. The molecule has 4 atom stereocenters. The molecular formula is C18H23NO4S. The van der Waals surface area contributed by atoms with Gasteiger partial charge in [0.05, 0.1) is 25.0 Å². The van der Waals surface area contributed by atoms with Gasteiger partial charge in [0.25, 0.3) is 0 Å². The first kappa shape index (κ1) is 17.3. The second-order valence-electron chi connectivity index (χ2n) is 6.32. The van der Waals surface area contributed by atoms with E-state index in [-0.39, 0.29) is 30.1 Å². The minimum atomic E-state index is -0.549. The van der Waals surface area contributed by atoms with Crippen LogP contribution in [-0.4, -0.2) is 53.9 Å². The molecule has 1 amide bonds. The van der Waals surface area contributed by atoms with Gasteiger partial charge in [0.15, 0.2) is 6.10 Å². The summed E-state index contributed by atoms with van der Waals surface area (Å²) >= 11 is 1.55. The molecule has 0 saturated carbocycles. The molecule has 2 saturated heterocycles. The molecule has 0 aliphatic carbocycles. The lowest BCUT2D eigenvalue weighted by Gasteiger charge is -2.41. The number of piperidine rings is 1. The molecule has 2 aliphatic heterocycles. The summed E-state index contributed by atoms with van der Waals surface area (Å²) in [6, 6.07) is 10.1. The molecule has 1 aromatic carbocycles. The molecule has 0 spiro atoms. The normalized spacial score (nSPS) is 29.2. The summed E-state index contributed by atoms with van der Waals surface area (Å²) < 4.78 is 10.6. The number of methoxy groups -OCH3 is 1. The van der Waals surface area contributed by atoms with E-state index in [1.165, 1.54) is 7.11 Å². The number of fused-ring (bicyclic) bond motifs is 1. The molecule has 0 radical (unpaired) electrons. The minimum Gasteiger partial charge on any atom is -0.467 e. The minimum absolute atomic E-state index is 0.0262. The van der Waals surface area contributed by atoms with Gasteiger partial charge in [-0.25, -0.2) is 4.79 Å². The Balaban J connectivity index is 1.66. The average Bonchev–Trinajstić information content (AvgIpc) is 3.04. The van der Waals surface area contributed by atoms with Crippen LogP contribution in [0.5, 0.6) is 0 Å². The number of nitrogens with zero attached hydrogens (tertiary/aromatic N) is 1. The molecule has 1 aromatic rings. The van der Waals surface area contributed by atoms with Crippen LogP contribution in [0.3, 0.4) is 0 Å². The predicted octanol–water partition coefficient (Wildman–Crippen LogP) is 2.49. The predicted molar refractivity (Wildman–Crippen MR) is 91.8 cm³/mol. The SMILES string of the molecule is COC(=O)[C@@H]1C[C@@H]2[C@@H](CC[C@@H](C)N2C(=O)CSc2ccccc2)O1. The van der Waals surface area contributed by atoms with Gasteiger partial charge in [-0.05, 0) is 31.9 Å². The second-order valence-corrected chi connectivity index (χ2v) is 7.37. The topological polar surface area (TPSA) is 55.8 Å². The molecule has 2 aliphatic rings. The summed E-state index contributed by atoms with van der Waals surface area (Å²) in [6.45, 7) is 2.08. The highest BCUT2D eigenvalue weighted by molar-refractivity contribution is 8.00. The first-order valence-electron chi connectivity index (χ1n) is 8.32. The van der Waals surface area contributed by atoms with Gasteiger partial charge in [-0.1, -0.05) is 18.2 Å². The number of rotatable bonds is 4. The maximum atomic E-state index is 12.8. The third-order valence-electron chi connectivity index (χ3n) is 4.78. The van der Waals surface area contributed by atoms with Gasteiger partial charge in [0.2, 0.25) is 5.91 Å². The molecule has 0 N–H and O–H groups in total. The standard InChI is InChI=1S/C18H23NO4S/c1-12-8-9-15-14(10-16(23-15)18(21)22-2)19(12)17(20)11-24-13-6-4-3-5-7-13/h3-7,12,14-16H,8-11H2,1-2H3/t12-,14-,15-,16+/m1/s1. The van der Waals surface area contributed by atoms with E-state index in [1.54, 1.807) is 11.8 Å². The number of benzene rings is 1. The van der Waals surface area contributed by atoms with Crippen LogP contribution in [0.15, 0.2) is 35.2 Å². The Morgan fingerprint density at radius 2 is 2.04 bits per heavy atom. The monoisotopic (exact) mass is 349 g/mol. The maximum Gasteiger partial charge on any atom is 0.335 e. The highest BCUT2D eigenvalue weighted by Gasteiger charge is 2.47. The number of carbonyl (C=O) groups is 2. The van der Waals surface area contributed by atoms with Crippen molar-refractivity contribution >= 4 is 23.6 Å². The molecule has 0 unspecified atom stereocenters. The first-order valence-corrected chi connectivity index (χ1v) is 9.31. The van der Waals surface area contributed by atoms with Gasteiger partial charge < -0.3 is 14.4 Å².